The molecular weight excluding hydrogens is 162 g/mol. The Morgan fingerprint density at radius 3 is 2.92 bits per heavy atom. The van der Waals surface area contributed by atoms with Gasteiger partial charge in [-0.15, -0.1) is 0 Å². The van der Waals surface area contributed by atoms with Gasteiger partial charge in [0.2, 0.25) is 0 Å². The molecule has 0 unspecified atom stereocenters. The van der Waals surface area contributed by atoms with E-state index in [9.17, 15) is 0 Å². The number of nitrogens with zero attached hydrogens (tertiary/aromatic N) is 2. The second kappa shape index (κ2) is 2.74. The topological polar surface area (TPSA) is 48.7 Å². The minimum Gasteiger partial charge on any atom is -0.365 e. The van der Waals surface area contributed by atoms with Gasteiger partial charge in [-0.2, -0.15) is 5.26 Å². The van der Waals surface area contributed by atoms with Crippen LogP contribution in [-0.4, -0.2) is 10.5 Å². The first-order valence-electron chi connectivity index (χ1n) is 4.37. The summed E-state index contributed by atoms with van der Waals surface area (Å²) in [6.45, 7) is 2.16. The highest BCUT2D eigenvalue weighted by atomic mass is 15.1. The Hall–Kier alpha value is -1.56. The summed E-state index contributed by atoms with van der Waals surface area (Å²) in [6.07, 6.45) is 2.37. The van der Waals surface area contributed by atoms with Crippen molar-refractivity contribution in [3.05, 3.63) is 23.9 Å². The van der Waals surface area contributed by atoms with Crippen molar-refractivity contribution in [1.29, 1.82) is 5.26 Å². The largest absolute Gasteiger partial charge is 0.365 e. The highest BCUT2D eigenvalue weighted by Gasteiger charge is 2.37. The monoisotopic (exact) mass is 173 g/mol. The third kappa shape index (κ3) is 1.78. The molecule has 0 amide bonds. The molecule has 13 heavy (non-hydrogen) atoms. The Labute approximate surface area is 77.4 Å². The SMILES string of the molecule is CC1(Nc2cccc(C#N)n2)CC1. The summed E-state index contributed by atoms with van der Waals surface area (Å²) < 4.78 is 0. The van der Waals surface area contributed by atoms with Crippen LogP contribution in [0.2, 0.25) is 0 Å². The van der Waals surface area contributed by atoms with Crippen molar-refractivity contribution in [1.82, 2.24) is 4.98 Å². The number of nitriles is 1. The lowest BCUT2D eigenvalue weighted by atomic mass is 10.3. The number of hydrogen-bond acceptors (Lipinski definition) is 3. The minimum absolute atomic E-state index is 0.223. The average Bonchev–Trinajstić information content (AvgIpc) is 2.84. The van der Waals surface area contributed by atoms with E-state index in [4.69, 9.17) is 5.26 Å². The molecule has 3 nitrogen and oxygen atoms in total. The lowest BCUT2D eigenvalue weighted by Gasteiger charge is -2.11. The molecule has 0 bridgehead atoms. The third-order valence-corrected chi connectivity index (χ3v) is 2.29. The van der Waals surface area contributed by atoms with Crippen LogP contribution < -0.4 is 5.32 Å². The highest BCUT2D eigenvalue weighted by molar-refractivity contribution is 5.42. The lowest BCUT2D eigenvalue weighted by molar-refractivity contribution is 0.820. The number of nitrogens with one attached hydrogen (secondary N) is 1. The Morgan fingerprint density at radius 1 is 1.54 bits per heavy atom. The fraction of sp³-hybridized carbons (Fsp3) is 0.400. The maximum Gasteiger partial charge on any atom is 0.142 e. The smallest absolute Gasteiger partial charge is 0.142 e. The Morgan fingerprint density at radius 2 is 2.31 bits per heavy atom. The molecule has 2 rings (SSSR count). The van der Waals surface area contributed by atoms with Crippen LogP contribution in [0, 0.1) is 11.3 Å². The van der Waals surface area contributed by atoms with Gasteiger partial charge in [0, 0.05) is 5.54 Å². The summed E-state index contributed by atoms with van der Waals surface area (Å²) >= 11 is 0. The maximum atomic E-state index is 8.64. The number of aromatic nitrogens is 1. The van der Waals surface area contributed by atoms with Crippen molar-refractivity contribution in [2.75, 3.05) is 5.32 Å². The number of pyridine rings is 1. The average molecular weight is 173 g/mol. The van der Waals surface area contributed by atoms with Crippen molar-refractivity contribution in [3.8, 4) is 6.07 Å². The molecular formula is C10H11N3. The van der Waals surface area contributed by atoms with E-state index in [1.165, 1.54) is 12.8 Å². The molecule has 1 saturated carbocycles. The summed E-state index contributed by atoms with van der Waals surface area (Å²) in [4.78, 5) is 4.14. The predicted molar refractivity (Wildman–Crippen MR) is 50.2 cm³/mol. The molecule has 0 saturated heterocycles. The molecule has 0 atom stereocenters. The minimum atomic E-state index is 0.223. The molecule has 0 aromatic carbocycles. The molecule has 1 heterocycles. The molecule has 0 radical (unpaired) electrons. The summed E-state index contributed by atoms with van der Waals surface area (Å²) in [5.41, 5.74) is 0.690. The fourth-order valence-corrected chi connectivity index (χ4v) is 1.19. The summed E-state index contributed by atoms with van der Waals surface area (Å²) in [6, 6.07) is 7.47. The molecule has 3 heteroatoms. The normalized spacial score (nSPS) is 17.5. The van der Waals surface area contributed by atoms with Gasteiger partial charge in [-0.1, -0.05) is 6.07 Å². The zero-order valence-electron chi connectivity index (χ0n) is 7.54. The fourth-order valence-electron chi connectivity index (χ4n) is 1.19. The third-order valence-electron chi connectivity index (χ3n) is 2.29. The first-order valence-corrected chi connectivity index (χ1v) is 4.37. The molecule has 1 aliphatic rings. The van der Waals surface area contributed by atoms with E-state index in [-0.39, 0.29) is 5.54 Å². The van der Waals surface area contributed by atoms with Crippen LogP contribution in [0.4, 0.5) is 5.82 Å². The van der Waals surface area contributed by atoms with E-state index < -0.39 is 0 Å². The molecule has 0 spiro atoms. The first-order chi connectivity index (χ1) is 6.22. The van der Waals surface area contributed by atoms with Gasteiger partial charge < -0.3 is 5.32 Å². The number of hydrogen-bond donors (Lipinski definition) is 1. The quantitative estimate of drug-likeness (QED) is 0.743. The maximum absolute atomic E-state index is 8.64. The van der Waals surface area contributed by atoms with E-state index in [2.05, 4.69) is 17.2 Å². The van der Waals surface area contributed by atoms with Gasteiger partial charge in [0.25, 0.3) is 0 Å². The Kier molecular flexibility index (Phi) is 1.70. The first kappa shape index (κ1) is 8.06. The molecule has 1 aliphatic carbocycles. The van der Waals surface area contributed by atoms with Crippen molar-refractivity contribution < 1.29 is 0 Å². The number of anilines is 1. The Balaban J connectivity index is 2.17. The van der Waals surface area contributed by atoms with Gasteiger partial charge in [0.05, 0.1) is 0 Å². The molecule has 1 N–H and O–H groups in total. The van der Waals surface area contributed by atoms with Gasteiger partial charge in [0.1, 0.15) is 17.6 Å². The van der Waals surface area contributed by atoms with Crippen molar-refractivity contribution in [2.45, 2.75) is 25.3 Å². The molecule has 0 aliphatic heterocycles. The van der Waals surface area contributed by atoms with Crippen LogP contribution in [0.25, 0.3) is 0 Å². The van der Waals surface area contributed by atoms with Gasteiger partial charge in [-0.05, 0) is 31.9 Å². The van der Waals surface area contributed by atoms with Crippen molar-refractivity contribution >= 4 is 5.82 Å². The van der Waals surface area contributed by atoms with Crippen molar-refractivity contribution in [3.63, 3.8) is 0 Å². The zero-order valence-corrected chi connectivity index (χ0v) is 7.54. The lowest BCUT2D eigenvalue weighted by Crippen LogP contribution is -2.16. The predicted octanol–water partition coefficient (Wildman–Crippen LogP) is 1.92. The molecule has 66 valence electrons. The Bertz CT molecular complexity index is 361. The van der Waals surface area contributed by atoms with Crippen LogP contribution >= 0.6 is 0 Å². The highest BCUT2D eigenvalue weighted by Crippen LogP contribution is 2.37. The summed E-state index contributed by atoms with van der Waals surface area (Å²) in [5, 5.41) is 11.9. The van der Waals surface area contributed by atoms with E-state index >= 15 is 0 Å². The number of rotatable bonds is 2. The zero-order chi connectivity index (χ0) is 9.31. The summed E-state index contributed by atoms with van der Waals surface area (Å²) in [7, 11) is 0. The van der Waals surface area contributed by atoms with E-state index in [0.29, 0.717) is 5.69 Å². The van der Waals surface area contributed by atoms with Crippen LogP contribution in [0.3, 0.4) is 0 Å². The molecule has 1 fully saturated rings. The van der Waals surface area contributed by atoms with Gasteiger partial charge in [-0.3, -0.25) is 0 Å². The van der Waals surface area contributed by atoms with Gasteiger partial charge in [0.15, 0.2) is 0 Å². The second-order valence-corrected chi connectivity index (χ2v) is 3.71. The second-order valence-electron chi connectivity index (χ2n) is 3.71. The van der Waals surface area contributed by atoms with Gasteiger partial charge >= 0.3 is 0 Å². The summed E-state index contributed by atoms with van der Waals surface area (Å²) in [5.74, 6) is 0.805. The van der Waals surface area contributed by atoms with Crippen LogP contribution in [0.1, 0.15) is 25.5 Å². The van der Waals surface area contributed by atoms with Crippen LogP contribution in [0.15, 0.2) is 18.2 Å². The molecule has 1 aromatic heterocycles. The van der Waals surface area contributed by atoms with Crippen molar-refractivity contribution in [2.24, 2.45) is 0 Å². The van der Waals surface area contributed by atoms with Gasteiger partial charge in [-0.25, -0.2) is 4.98 Å². The standard InChI is InChI=1S/C10H11N3/c1-10(5-6-10)13-9-4-2-3-8(7-11)12-9/h2-4H,5-6H2,1H3,(H,12,13). The van der Waals surface area contributed by atoms with E-state index in [1.54, 1.807) is 6.07 Å². The molecule has 1 aromatic rings. The van der Waals surface area contributed by atoms with Crippen LogP contribution in [-0.2, 0) is 0 Å². The van der Waals surface area contributed by atoms with E-state index in [1.807, 2.05) is 18.2 Å². The van der Waals surface area contributed by atoms with Crippen LogP contribution in [0.5, 0.6) is 0 Å². The van der Waals surface area contributed by atoms with E-state index in [0.717, 1.165) is 5.82 Å².